The first kappa shape index (κ1) is 14.8. The first-order valence-corrected chi connectivity index (χ1v) is 7.67. The molecular formula is C16H21ClF2. The molecule has 0 spiro atoms. The van der Waals surface area contributed by atoms with Gasteiger partial charge in [0.25, 0.3) is 0 Å². The molecule has 0 bridgehead atoms. The van der Waals surface area contributed by atoms with Gasteiger partial charge in [-0.25, -0.2) is 8.78 Å². The fourth-order valence-corrected chi connectivity index (χ4v) is 3.40. The first-order valence-electron chi connectivity index (χ1n) is 7.23. The molecule has 2 rings (SSSR count). The molecule has 1 atom stereocenters. The lowest BCUT2D eigenvalue weighted by atomic mass is 9.92. The van der Waals surface area contributed by atoms with Crippen LogP contribution in [0.3, 0.4) is 0 Å². The smallest absolute Gasteiger partial charge is 0.129 e. The second kappa shape index (κ2) is 7.23. The van der Waals surface area contributed by atoms with Gasteiger partial charge in [-0.3, -0.25) is 0 Å². The van der Waals surface area contributed by atoms with Crippen LogP contribution in [0.1, 0.15) is 50.5 Å². The van der Waals surface area contributed by atoms with Crippen molar-refractivity contribution >= 4 is 11.6 Å². The van der Waals surface area contributed by atoms with E-state index < -0.39 is 11.6 Å². The molecule has 1 unspecified atom stereocenters. The Bertz CT molecular complexity index is 377. The number of hydrogen-bond donors (Lipinski definition) is 0. The zero-order valence-electron chi connectivity index (χ0n) is 11.2. The summed E-state index contributed by atoms with van der Waals surface area (Å²) in [5.74, 6) is -0.335. The highest BCUT2D eigenvalue weighted by Crippen LogP contribution is 2.29. The fraction of sp³-hybridized carbons (Fsp3) is 0.625. The van der Waals surface area contributed by atoms with Crippen molar-refractivity contribution in [3.63, 3.8) is 0 Å². The maximum absolute atomic E-state index is 13.6. The Morgan fingerprint density at radius 3 is 2.21 bits per heavy atom. The minimum absolute atomic E-state index is 0.135. The van der Waals surface area contributed by atoms with E-state index in [0.717, 1.165) is 6.42 Å². The third-order valence-corrected chi connectivity index (χ3v) is 4.38. The third-order valence-electron chi connectivity index (χ3n) is 4.05. The van der Waals surface area contributed by atoms with Crippen molar-refractivity contribution in [2.24, 2.45) is 5.92 Å². The van der Waals surface area contributed by atoms with E-state index in [-0.39, 0.29) is 17.4 Å². The van der Waals surface area contributed by atoms with Crippen LogP contribution in [-0.4, -0.2) is 5.38 Å². The summed E-state index contributed by atoms with van der Waals surface area (Å²) in [5.41, 5.74) is 0.135. The van der Waals surface area contributed by atoms with Gasteiger partial charge in [0, 0.05) is 10.9 Å². The van der Waals surface area contributed by atoms with Gasteiger partial charge in [0.05, 0.1) is 0 Å². The van der Waals surface area contributed by atoms with Crippen LogP contribution in [0, 0.1) is 17.6 Å². The Balaban J connectivity index is 1.91. The van der Waals surface area contributed by atoms with Crippen LogP contribution < -0.4 is 0 Å². The van der Waals surface area contributed by atoms with Crippen LogP contribution in [0.25, 0.3) is 0 Å². The van der Waals surface area contributed by atoms with Crippen LogP contribution in [0.2, 0.25) is 0 Å². The van der Waals surface area contributed by atoms with E-state index in [9.17, 15) is 8.78 Å². The van der Waals surface area contributed by atoms with Crippen molar-refractivity contribution < 1.29 is 8.78 Å². The molecule has 0 heterocycles. The highest BCUT2D eigenvalue weighted by molar-refractivity contribution is 6.20. The molecule has 3 heteroatoms. The van der Waals surface area contributed by atoms with Crippen molar-refractivity contribution in [3.05, 3.63) is 35.4 Å². The number of hydrogen-bond acceptors (Lipinski definition) is 0. The second-order valence-corrected chi connectivity index (χ2v) is 6.21. The minimum Gasteiger partial charge on any atom is -0.207 e. The normalized spacial score (nSPS) is 19.1. The maximum Gasteiger partial charge on any atom is 0.129 e. The maximum atomic E-state index is 13.6. The van der Waals surface area contributed by atoms with Gasteiger partial charge in [0.15, 0.2) is 0 Å². The van der Waals surface area contributed by atoms with Gasteiger partial charge in [-0.15, -0.1) is 11.6 Å². The second-order valence-electron chi connectivity index (χ2n) is 5.59. The Morgan fingerprint density at radius 1 is 1.05 bits per heavy atom. The van der Waals surface area contributed by atoms with E-state index >= 15 is 0 Å². The van der Waals surface area contributed by atoms with E-state index in [2.05, 4.69) is 0 Å². The van der Waals surface area contributed by atoms with Crippen molar-refractivity contribution in [2.75, 3.05) is 0 Å². The van der Waals surface area contributed by atoms with Crippen molar-refractivity contribution in [3.8, 4) is 0 Å². The lowest BCUT2D eigenvalue weighted by Gasteiger charge is -2.18. The average molecular weight is 287 g/mol. The van der Waals surface area contributed by atoms with Gasteiger partial charge in [-0.2, -0.15) is 0 Å². The molecule has 1 aliphatic rings. The summed E-state index contributed by atoms with van der Waals surface area (Å²) in [6, 6.07) is 3.99. The zero-order chi connectivity index (χ0) is 13.7. The SMILES string of the molecule is Fc1cccc(F)c1CC(Cl)CC1CCCCCC1. The van der Waals surface area contributed by atoms with Gasteiger partial charge >= 0.3 is 0 Å². The van der Waals surface area contributed by atoms with Crippen LogP contribution in [0.4, 0.5) is 8.78 Å². The Labute approximate surface area is 119 Å². The average Bonchev–Trinajstić information content (AvgIpc) is 2.63. The molecule has 0 amide bonds. The summed E-state index contributed by atoms with van der Waals surface area (Å²) in [5, 5.41) is -0.172. The van der Waals surface area contributed by atoms with Crippen molar-refractivity contribution in [1.82, 2.24) is 0 Å². The molecule has 1 saturated carbocycles. The Morgan fingerprint density at radius 2 is 1.63 bits per heavy atom. The monoisotopic (exact) mass is 286 g/mol. The summed E-state index contributed by atoms with van der Waals surface area (Å²) < 4.78 is 27.1. The molecule has 0 aliphatic heterocycles. The van der Waals surface area contributed by atoms with Gasteiger partial charge < -0.3 is 0 Å². The minimum atomic E-state index is -0.480. The molecule has 0 saturated heterocycles. The summed E-state index contributed by atoms with van der Waals surface area (Å²) in [7, 11) is 0. The van der Waals surface area contributed by atoms with Gasteiger partial charge in [0.2, 0.25) is 0 Å². The van der Waals surface area contributed by atoms with Crippen molar-refractivity contribution in [2.45, 2.75) is 56.7 Å². The number of alkyl halides is 1. The number of rotatable bonds is 4. The first-order chi connectivity index (χ1) is 9.16. The molecular weight excluding hydrogens is 266 g/mol. The standard InChI is InChI=1S/C16H21ClF2/c17-13(10-12-6-3-1-2-4-7-12)11-14-15(18)8-5-9-16(14)19/h5,8-9,12-13H,1-4,6-7,10-11H2. The lowest BCUT2D eigenvalue weighted by molar-refractivity contribution is 0.415. The fourth-order valence-electron chi connectivity index (χ4n) is 2.99. The molecule has 106 valence electrons. The number of halogens is 3. The van der Waals surface area contributed by atoms with E-state index in [1.807, 2.05) is 0 Å². The van der Waals surface area contributed by atoms with E-state index in [0.29, 0.717) is 5.92 Å². The van der Waals surface area contributed by atoms with Crippen LogP contribution >= 0.6 is 11.6 Å². The molecule has 0 aromatic heterocycles. The van der Waals surface area contributed by atoms with E-state index in [1.165, 1.54) is 56.7 Å². The van der Waals surface area contributed by atoms with Crippen LogP contribution in [0.5, 0.6) is 0 Å². The molecule has 0 N–H and O–H groups in total. The number of benzene rings is 1. The molecule has 1 aliphatic carbocycles. The van der Waals surface area contributed by atoms with Crippen LogP contribution in [0.15, 0.2) is 18.2 Å². The molecule has 19 heavy (non-hydrogen) atoms. The Kier molecular flexibility index (Phi) is 5.62. The highest BCUT2D eigenvalue weighted by Gasteiger charge is 2.19. The molecule has 1 fully saturated rings. The summed E-state index contributed by atoms with van der Waals surface area (Å²) in [4.78, 5) is 0. The van der Waals surface area contributed by atoms with Gasteiger partial charge in [-0.05, 0) is 30.9 Å². The van der Waals surface area contributed by atoms with Crippen LogP contribution in [-0.2, 0) is 6.42 Å². The predicted octanol–water partition coefficient (Wildman–Crippen LogP) is 5.48. The summed E-state index contributed by atoms with van der Waals surface area (Å²) in [6.07, 6.45) is 8.74. The lowest BCUT2D eigenvalue weighted by Crippen LogP contribution is -2.13. The zero-order valence-corrected chi connectivity index (χ0v) is 11.9. The quantitative estimate of drug-likeness (QED) is 0.508. The molecule has 0 radical (unpaired) electrons. The molecule has 0 nitrogen and oxygen atoms in total. The van der Waals surface area contributed by atoms with E-state index in [1.54, 1.807) is 0 Å². The topological polar surface area (TPSA) is 0 Å². The summed E-state index contributed by atoms with van der Waals surface area (Å²) >= 11 is 6.31. The predicted molar refractivity (Wildman–Crippen MR) is 75.5 cm³/mol. The Hall–Kier alpha value is -0.630. The summed E-state index contributed by atoms with van der Waals surface area (Å²) in [6.45, 7) is 0. The van der Waals surface area contributed by atoms with E-state index in [4.69, 9.17) is 11.6 Å². The molecule has 1 aromatic carbocycles. The third kappa shape index (κ3) is 4.45. The van der Waals surface area contributed by atoms with Gasteiger partial charge in [0.1, 0.15) is 11.6 Å². The molecule has 1 aromatic rings. The van der Waals surface area contributed by atoms with Crippen molar-refractivity contribution in [1.29, 1.82) is 0 Å². The highest BCUT2D eigenvalue weighted by atomic mass is 35.5. The van der Waals surface area contributed by atoms with Gasteiger partial charge in [-0.1, -0.05) is 44.6 Å². The largest absolute Gasteiger partial charge is 0.207 e.